The Bertz CT molecular complexity index is 1630. The largest absolute Gasteiger partial charge is 0.288 e. The molecule has 3 heteroatoms. The van der Waals surface area contributed by atoms with Crippen LogP contribution in [0.4, 0.5) is 0 Å². The van der Waals surface area contributed by atoms with E-state index < -0.39 is 0 Å². The first-order valence-corrected chi connectivity index (χ1v) is 12.2. The normalized spacial score (nSPS) is 11.8. The van der Waals surface area contributed by atoms with Crippen molar-refractivity contribution in [1.29, 1.82) is 10.5 Å². The maximum Gasteiger partial charge on any atom is 0.196 e. The number of carbonyl (C=O) groups excluding carboxylic acids is 1. The maximum atomic E-state index is 13.6. The van der Waals surface area contributed by atoms with Crippen LogP contribution in [0.3, 0.4) is 0 Å². The van der Waals surface area contributed by atoms with Gasteiger partial charge in [-0.05, 0) is 81.1 Å². The van der Waals surface area contributed by atoms with Gasteiger partial charge in [0.05, 0.1) is 5.57 Å². The third-order valence-corrected chi connectivity index (χ3v) is 6.96. The molecule has 0 atom stereocenters. The molecule has 5 rings (SSSR count). The number of nitrogens with zero attached hydrogens (tertiary/aromatic N) is 2. The highest BCUT2D eigenvalue weighted by atomic mass is 16.1. The number of fused-ring (bicyclic) bond motifs is 3. The molecule has 1 aliphatic carbocycles. The van der Waals surface area contributed by atoms with E-state index in [0.29, 0.717) is 11.1 Å². The van der Waals surface area contributed by atoms with Gasteiger partial charge in [-0.2, -0.15) is 10.5 Å². The third-order valence-electron chi connectivity index (χ3n) is 6.96. The first-order valence-electron chi connectivity index (χ1n) is 12.2. The van der Waals surface area contributed by atoms with E-state index in [1.807, 2.05) is 60.7 Å². The number of benzene rings is 4. The number of allylic oxidation sites excluding steroid dienone is 2. The first-order chi connectivity index (χ1) is 17.6. The molecule has 3 nitrogen and oxygen atoms in total. The highest BCUT2D eigenvalue weighted by molar-refractivity contribution is 6.36. The molecule has 4 aromatic rings. The number of hydrogen-bond donors (Lipinski definition) is 0. The van der Waals surface area contributed by atoms with Gasteiger partial charge in [0.15, 0.2) is 5.78 Å². The van der Waals surface area contributed by atoms with Crippen molar-refractivity contribution in [1.82, 2.24) is 0 Å². The van der Waals surface area contributed by atoms with E-state index >= 15 is 0 Å². The summed E-state index contributed by atoms with van der Waals surface area (Å²) >= 11 is 0. The zero-order valence-corrected chi connectivity index (χ0v) is 20.3. The van der Waals surface area contributed by atoms with Crippen LogP contribution in [0.25, 0.3) is 39.0 Å². The molecule has 0 radical (unpaired) electrons. The van der Waals surface area contributed by atoms with Gasteiger partial charge in [-0.3, -0.25) is 4.79 Å². The fourth-order valence-electron chi connectivity index (χ4n) is 5.15. The number of rotatable bonds is 4. The Morgan fingerprint density at radius 2 is 1.08 bits per heavy atom. The molecule has 0 fully saturated rings. The zero-order valence-electron chi connectivity index (χ0n) is 20.3. The van der Waals surface area contributed by atoms with Crippen LogP contribution in [0.2, 0.25) is 0 Å². The molecular formula is C33H24N2O. The second-order valence-corrected chi connectivity index (χ2v) is 8.84. The van der Waals surface area contributed by atoms with Crippen molar-refractivity contribution in [3.8, 4) is 45.5 Å². The molecule has 36 heavy (non-hydrogen) atoms. The number of hydrogen-bond acceptors (Lipinski definition) is 3. The van der Waals surface area contributed by atoms with Crippen molar-refractivity contribution in [3.63, 3.8) is 0 Å². The predicted octanol–water partition coefficient (Wildman–Crippen LogP) is 7.81. The number of carbonyl (C=O) groups is 1. The molecule has 0 heterocycles. The van der Waals surface area contributed by atoms with Crippen LogP contribution in [0.5, 0.6) is 0 Å². The summed E-state index contributed by atoms with van der Waals surface area (Å²) in [6.07, 6.45) is 1.81. The number of nitriles is 2. The van der Waals surface area contributed by atoms with Gasteiger partial charge in [0.2, 0.25) is 0 Å². The molecule has 4 aromatic carbocycles. The lowest BCUT2D eigenvalue weighted by molar-refractivity contribution is 0.105. The standard InChI is InChI=1S/C33H24N2O/c1-3-21-9-5-7-11-26(21)23-13-15-28-30(17-23)31-18-24(27-12-8-6-10-22(27)4-2)14-16-29(31)33(36)32(28)25(19-34)20-35/h5-18H,3-4H2,1-2H3. The number of ketones is 1. The van der Waals surface area contributed by atoms with Crippen LogP contribution in [-0.2, 0) is 12.8 Å². The van der Waals surface area contributed by atoms with Gasteiger partial charge in [0.1, 0.15) is 17.7 Å². The number of aryl methyl sites for hydroxylation is 2. The van der Waals surface area contributed by atoms with E-state index in [1.165, 1.54) is 11.1 Å². The second kappa shape index (κ2) is 9.49. The van der Waals surface area contributed by atoms with Gasteiger partial charge in [-0.25, -0.2) is 0 Å². The fourth-order valence-corrected chi connectivity index (χ4v) is 5.15. The van der Waals surface area contributed by atoms with Crippen molar-refractivity contribution in [3.05, 3.63) is 113 Å². The van der Waals surface area contributed by atoms with E-state index in [2.05, 4.69) is 50.2 Å². The molecule has 0 bridgehead atoms. The quantitative estimate of drug-likeness (QED) is 0.228. The van der Waals surface area contributed by atoms with Crippen molar-refractivity contribution >= 4 is 11.4 Å². The SMILES string of the molecule is CCc1ccccc1-c1ccc2c(c1)-c1cc(-c3ccccc3CC)ccc1C(=C(C#N)C#N)C2=O. The minimum absolute atomic E-state index is 0.158. The summed E-state index contributed by atoms with van der Waals surface area (Å²) in [5.74, 6) is -0.285. The van der Waals surface area contributed by atoms with Gasteiger partial charge in [0.25, 0.3) is 0 Å². The summed E-state index contributed by atoms with van der Waals surface area (Å²) in [6, 6.07) is 32.3. The van der Waals surface area contributed by atoms with E-state index in [0.717, 1.165) is 46.2 Å². The van der Waals surface area contributed by atoms with Crippen LogP contribution in [-0.4, -0.2) is 5.78 Å². The topological polar surface area (TPSA) is 64.7 Å². The smallest absolute Gasteiger partial charge is 0.196 e. The molecule has 1 aliphatic rings. The lowest BCUT2D eigenvalue weighted by Crippen LogP contribution is -2.13. The van der Waals surface area contributed by atoms with Crippen LogP contribution in [0.15, 0.2) is 90.5 Å². The summed E-state index contributed by atoms with van der Waals surface area (Å²) in [4.78, 5) is 13.6. The molecular weight excluding hydrogens is 440 g/mol. The minimum atomic E-state index is -0.285. The molecule has 0 spiro atoms. The second-order valence-electron chi connectivity index (χ2n) is 8.84. The summed E-state index contributed by atoms with van der Waals surface area (Å²) < 4.78 is 0. The van der Waals surface area contributed by atoms with Crippen LogP contribution < -0.4 is 0 Å². The zero-order chi connectivity index (χ0) is 25.2. The van der Waals surface area contributed by atoms with Crippen molar-refractivity contribution in [2.24, 2.45) is 0 Å². The average molecular weight is 465 g/mol. The molecule has 0 amide bonds. The van der Waals surface area contributed by atoms with Crippen molar-refractivity contribution < 1.29 is 4.79 Å². The highest BCUT2D eigenvalue weighted by Crippen LogP contribution is 2.44. The van der Waals surface area contributed by atoms with Crippen molar-refractivity contribution in [2.45, 2.75) is 26.7 Å². The maximum absolute atomic E-state index is 13.6. The predicted molar refractivity (Wildman–Crippen MR) is 144 cm³/mol. The van der Waals surface area contributed by atoms with E-state index in [1.54, 1.807) is 0 Å². The van der Waals surface area contributed by atoms with Gasteiger partial charge >= 0.3 is 0 Å². The summed E-state index contributed by atoms with van der Waals surface area (Å²) in [7, 11) is 0. The lowest BCUT2D eigenvalue weighted by atomic mass is 9.77. The van der Waals surface area contributed by atoms with Gasteiger partial charge in [0, 0.05) is 5.56 Å². The Morgan fingerprint density at radius 3 is 1.58 bits per heavy atom. The van der Waals surface area contributed by atoms with E-state index in [9.17, 15) is 15.3 Å². The minimum Gasteiger partial charge on any atom is -0.288 e. The van der Waals surface area contributed by atoms with Crippen LogP contribution in [0, 0.1) is 22.7 Å². The van der Waals surface area contributed by atoms with Gasteiger partial charge in [-0.15, -0.1) is 0 Å². The Morgan fingerprint density at radius 1 is 0.611 bits per heavy atom. The van der Waals surface area contributed by atoms with Gasteiger partial charge in [-0.1, -0.05) is 80.6 Å². The molecule has 0 unspecified atom stereocenters. The number of Topliss-reactive ketones (excluding diaryl/α,β-unsaturated/α-hetero) is 1. The Kier molecular flexibility index (Phi) is 6.07. The Hall–Kier alpha value is -4.73. The summed E-state index contributed by atoms with van der Waals surface area (Å²) in [5, 5.41) is 19.3. The molecule has 0 aromatic heterocycles. The van der Waals surface area contributed by atoms with Crippen LogP contribution >= 0.6 is 0 Å². The van der Waals surface area contributed by atoms with Crippen molar-refractivity contribution in [2.75, 3.05) is 0 Å². The lowest BCUT2D eigenvalue weighted by Gasteiger charge is -2.24. The average Bonchev–Trinajstić information content (AvgIpc) is 2.94. The van der Waals surface area contributed by atoms with E-state index in [-0.39, 0.29) is 16.9 Å². The molecule has 0 N–H and O–H groups in total. The molecule has 0 saturated carbocycles. The first kappa shape index (κ1) is 23.0. The van der Waals surface area contributed by atoms with Gasteiger partial charge < -0.3 is 0 Å². The fraction of sp³-hybridized carbons (Fsp3) is 0.121. The van der Waals surface area contributed by atoms with E-state index in [4.69, 9.17) is 0 Å². The molecule has 172 valence electrons. The molecule has 0 aliphatic heterocycles. The molecule has 0 saturated heterocycles. The monoisotopic (exact) mass is 464 g/mol. The Labute approximate surface area is 211 Å². The summed E-state index contributed by atoms with van der Waals surface area (Å²) in [5.41, 5.74) is 9.69. The summed E-state index contributed by atoms with van der Waals surface area (Å²) in [6.45, 7) is 4.27. The van der Waals surface area contributed by atoms with Crippen LogP contribution in [0.1, 0.15) is 40.9 Å². The highest BCUT2D eigenvalue weighted by Gasteiger charge is 2.31. The third kappa shape index (κ3) is 3.72. The Balaban J connectivity index is 1.81.